The van der Waals surface area contributed by atoms with Crippen molar-refractivity contribution in [3.8, 4) is 0 Å². The fourth-order valence-electron chi connectivity index (χ4n) is 2.20. The Morgan fingerprint density at radius 1 is 1.33 bits per heavy atom. The third kappa shape index (κ3) is 3.19. The molecule has 0 radical (unpaired) electrons. The van der Waals surface area contributed by atoms with Gasteiger partial charge in [-0.3, -0.25) is 4.79 Å². The van der Waals surface area contributed by atoms with Crippen LogP contribution in [-0.2, 0) is 0 Å². The highest BCUT2D eigenvalue weighted by Crippen LogP contribution is 2.19. The van der Waals surface area contributed by atoms with Gasteiger partial charge >= 0.3 is 0 Å². The van der Waals surface area contributed by atoms with Gasteiger partial charge in [0.25, 0.3) is 5.91 Å². The van der Waals surface area contributed by atoms with Crippen molar-refractivity contribution in [1.29, 1.82) is 0 Å². The third-order valence-corrected chi connectivity index (χ3v) is 4.36. The Kier molecular flexibility index (Phi) is 4.53. The van der Waals surface area contributed by atoms with E-state index in [9.17, 15) is 4.79 Å². The lowest BCUT2D eigenvalue weighted by atomic mass is 10.1. The van der Waals surface area contributed by atoms with Crippen LogP contribution in [0.25, 0.3) is 0 Å². The molecule has 98 valence electrons. The summed E-state index contributed by atoms with van der Waals surface area (Å²) in [5.41, 5.74) is 2.93. The minimum Gasteiger partial charge on any atom is -0.388 e. The maximum Gasteiger partial charge on any atom is 0.251 e. The SMILES string of the molecule is CNc1ccc(C(=O)NC2CCSCC2)cc1C. The summed E-state index contributed by atoms with van der Waals surface area (Å²) in [6.07, 6.45) is 2.17. The highest BCUT2D eigenvalue weighted by molar-refractivity contribution is 7.99. The summed E-state index contributed by atoms with van der Waals surface area (Å²) in [6.45, 7) is 2.01. The molecule has 1 heterocycles. The van der Waals surface area contributed by atoms with E-state index in [4.69, 9.17) is 0 Å². The molecule has 0 saturated carbocycles. The Hall–Kier alpha value is -1.16. The molecule has 1 aliphatic heterocycles. The Labute approximate surface area is 113 Å². The number of aryl methyl sites for hydroxylation is 1. The smallest absolute Gasteiger partial charge is 0.251 e. The minimum absolute atomic E-state index is 0.0534. The fourth-order valence-corrected chi connectivity index (χ4v) is 3.30. The molecule has 0 aromatic heterocycles. The number of carbonyl (C=O) groups excluding carboxylic acids is 1. The normalized spacial score (nSPS) is 16.3. The van der Waals surface area contributed by atoms with Crippen molar-refractivity contribution < 1.29 is 4.79 Å². The molecule has 1 aromatic rings. The van der Waals surface area contributed by atoms with Gasteiger partial charge in [0.05, 0.1) is 0 Å². The minimum atomic E-state index is 0.0534. The summed E-state index contributed by atoms with van der Waals surface area (Å²) in [6, 6.07) is 6.13. The first-order chi connectivity index (χ1) is 8.70. The van der Waals surface area contributed by atoms with Crippen molar-refractivity contribution in [2.75, 3.05) is 23.9 Å². The number of benzene rings is 1. The molecular formula is C14H20N2OS. The number of thioether (sulfide) groups is 1. The van der Waals surface area contributed by atoms with E-state index in [-0.39, 0.29) is 5.91 Å². The van der Waals surface area contributed by atoms with Crippen LogP contribution in [-0.4, -0.2) is 30.5 Å². The van der Waals surface area contributed by atoms with Crippen molar-refractivity contribution in [2.24, 2.45) is 0 Å². The van der Waals surface area contributed by atoms with Crippen LogP contribution in [0.1, 0.15) is 28.8 Å². The van der Waals surface area contributed by atoms with Crippen LogP contribution in [0.15, 0.2) is 18.2 Å². The molecule has 4 heteroatoms. The predicted octanol–water partition coefficient (Wildman–Crippen LogP) is 2.66. The fraction of sp³-hybridized carbons (Fsp3) is 0.500. The van der Waals surface area contributed by atoms with Crippen LogP contribution in [0.3, 0.4) is 0 Å². The Morgan fingerprint density at radius 3 is 2.67 bits per heavy atom. The molecule has 1 saturated heterocycles. The molecule has 1 fully saturated rings. The number of nitrogens with one attached hydrogen (secondary N) is 2. The quantitative estimate of drug-likeness (QED) is 0.882. The van der Waals surface area contributed by atoms with Crippen LogP contribution in [0.4, 0.5) is 5.69 Å². The van der Waals surface area contributed by atoms with Gasteiger partial charge in [-0.2, -0.15) is 11.8 Å². The van der Waals surface area contributed by atoms with E-state index < -0.39 is 0 Å². The lowest BCUT2D eigenvalue weighted by molar-refractivity contribution is 0.0935. The molecule has 1 aromatic carbocycles. The van der Waals surface area contributed by atoms with E-state index >= 15 is 0 Å². The molecule has 0 atom stereocenters. The third-order valence-electron chi connectivity index (χ3n) is 3.31. The maximum absolute atomic E-state index is 12.1. The molecule has 1 amide bonds. The van der Waals surface area contributed by atoms with Gasteiger partial charge in [-0.25, -0.2) is 0 Å². The Bertz CT molecular complexity index is 428. The van der Waals surface area contributed by atoms with Crippen molar-refractivity contribution >= 4 is 23.4 Å². The molecule has 0 spiro atoms. The van der Waals surface area contributed by atoms with Crippen LogP contribution in [0.2, 0.25) is 0 Å². The standard InChI is InChI=1S/C14H20N2OS/c1-10-9-11(3-4-13(10)15-2)14(17)16-12-5-7-18-8-6-12/h3-4,9,12,15H,5-8H2,1-2H3,(H,16,17). The second-order valence-corrected chi connectivity index (χ2v) is 5.86. The second kappa shape index (κ2) is 6.14. The van der Waals surface area contributed by atoms with Gasteiger partial charge in [0.2, 0.25) is 0 Å². The van der Waals surface area contributed by atoms with Crippen LogP contribution >= 0.6 is 11.8 Å². The molecule has 1 aliphatic rings. The largest absolute Gasteiger partial charge is 0.388 e. The van der Waals surface area contributed by atoms with Crippen molar-refractivity contribution in [3.05, 3.63) is 29.3 Å². The van der Waals surface area contributed by atoms with Gasteiger partial charge < -0.3 is 10.6 Å². The van der Waals surface area contributed by atoms with E-state index in [1.54, 1.807) is 0 Å². The van der Waals surface area contributed by atoms with Gasteiger partial charge in [0.1, 0.15) is 0 Å². The zero-order valence-corrected chi connectivity index (χ0v) is 11.8. The first-order valence-corrected chi connectivity index (χ1v) is 7.53. The van der Waals surface area contributed by atoms with E-state index in [1.807, 2.05) is 43.9 Å². The average Bonchev–Trinajstić information content (AvgIpc) is 2.39. The van der Waals surface area contributed by atoms with Crippen LogP contribution in [0, 0.1) is 6.92 Å². The van der Waals surface area contributed by atoms with E-state index in [0.717, 1.165) is 41.2 Å². The molecule has 0 aliphatic carbocycles. The first-order valence-electron chi connectivity index (χ1n) is 6.37. The summed E-state index contributed by atoms with van der Waals surface area (Å²) in [4.78, 5) is 12.1. The first kappa shape index (κ1) is 13.3. The van der Waals surface area contributed by atoms with Crippen LogP contribution < -0.4 is 10.6 Å². The molecule has 0 bridgehead atoms. The Balaban J connectivity index is 2.01. The number of anilines is 1. The van der Waals surface area contributed by atoms with Gasteiger partial charge in [0, 0.05) is 24.3 Å². The van der Waals surface area contributed by atoms with Crippen LogP contribution in [0.5, 0.6) is 0 Å². The number of amides is 1. The molecular weight excluding hydrogens is 244 g/mol. The van der Waals surface area contributed by atoms with Gasteiger partial charge in [-0.05, 0) is 55.0 Å². The lowest BCUT2D eigenvalue weighted by Gasteiger charge is -2.22. The molecule has 2 rings (SSSR count). The highest BCUT2D eigenvalue weighted by atomic mass is 32.2. The topological polar surface area (TPSA) is 41.1 Å². The number of hydrogen-bond acceptors (Lipinski definition) is 3. The van der Waals surface area contributed by atoms with Crippen molar-refractivity contribution in [3.63, 3.8) is 0 Å². The summed E-state index contributed by atoms with van der Waals surface area (Å²) in [5, 5.41) is 6.24. The van der Waals surface area contributed by atoms with E-state index in [0.29, 0.717) is 6.04 Å². The molecule has 2 N–H and O–H groups in total. The summed E-state index contributed by atoms with van der Waals surface area (Å²) in [5.74, 6) is 2.36. The number of carbonyl (C=O) groups is 1. The summed E-state index contributed by atoms with van der Waals surface area (Å²) < 4.78 is 0. The summed E-state index contributed by atoms with van der Waals surface area (Å²) >= 11 is 1.97. The van der Waals surface area contributed by atoms with E-state index in [1.165, 1.54) is 0 Å². The summed E-state index contributed by atoms with van der Waals surface area (Å²) in [7, 11) is 1.89. The van der Waals surface area contributed by atoms with Gasteiger partial charge in [-0.1, -0.05) is 0 Å². The zero-order chi connectivity index (χ0) is 13.0. The Morgan fingerprint density at radius 2 is 2.06 bits per heavy atom. The monoisotopic (exact) mass is 264 g/mol. The highest BCUT2D eigenvalue weighted by Gasteiger charge is 2.17. The van der Waals surface area contributed by atoms with E-state index in [2.05, 4.69) is 10.6 Å². The molecule has 0 unspecified atom stereocenters. The van der Waals surface area contributed by atoms with Gasteiger partial charge in [-0.15, -0.1) is 0 Å². The number of hydrogen-bond donors (Lipinski definition) is 2. The average molecular weight is 264 g/mol. The molecule has 3 nitrogen and oxygen atoms in total. The predicted molar refractivity (Wildman–Crippen MR) is 78.5 cm³/mol. The van der Waals surface area contributed by atoms with Crippen molar-refractivity contribution in [1.82, 2.24) is 5.32 Å². The molecule has 18 heavy (non-hydrogen) atoms. The second-order valence-electron chi connectivity index (χ2n) is 4.64. The van der Waals surface area contributed by atoms with Gasteiger partial charge in [0.15, 0.2) is 0 Å². The number of rotatable bonds is 3. The lowest BCUT2D eigenvalue weighted by Crippen LogP contribution is -2.37. The zero-order valence-electron chi connectivity index (χ0n) is 11.0. The van der Waals surface area contributed by atoms with Crippen molar-refractivity contribution in [2.45, 2.75) is 25.8 Å². The maximum atomic E-state index is 12.1.